The molecule has 0 fully saturated rings. The van der Waals surface area contributed by atoms with Gasteiger partial charge in [0.1, 0.15) is 0 Å². The highest BCUT2D eigenvalue weighted by Crippen LogP contribution is 2.23. The van der Waals surface area contributed by atoms with Crippen LogP contribution in [0.25, 0.3) is 0 Å². The van der Waals surface area contributed by atoms with Crippen LogP contribution in [0, 0.1) is 0 Å². The van der Waals surface area contributed by atoms with E-state index >= 15 is 0 Å². The van der Waals surface area contributed by atoms with Crippen LogP contribution in [0.15, 0.2) is 74.9 Å². The van der Waals surface area contributed by atoms with Gasteiger partial charge in [-0.2, -0.15) is 0 Å². The van der Waals surface area contributed by atoms with Gasteiger partial charge in [0, 0.05) is 28.7 Å². The Bertz CT molecular complexity index is 913. The first-order valence-electron chi connectivity index (χ1n) is 8.05. The smallest absolute Gasteiger partial charge is 0.287 e. The fraction of sp³-hybridized carbons (Fsp3) is 0.105. The molecule has 0 spiro atoms. The molecule has 0 aliphatic rings. The molecule has 138 valence electrons. The lowest BCUT2D eigenvalue weighted by atomic mass is 10.3. The van der Waals surface area contributed by atoms with Crippen molar-refractivity contribution >= 4 is 45.2 Å². The van der Waals surface area contributed by atoms with Gasteiger partial charge < -0.3 is 15.1 Å². The van der Waals surface area contributed by atoms with Crippen LogP contribution in [-0.2, 0) is 10.5 Å². The number of anilines is 1. The van der Waals surface area contributed by atoms with Crippen LogP contribution in [0.2, 0.25) is 0 Å². The van der Waals surface area contributed by atoms with Crippen molar-refractivity contribution in [1.82, 2.24) is 10.3 Å². The topological polar surface area (TPSA) is 84.2 Å². The van der Waals surface area contributed by atoms with Crippen LogP contribution >= 0.6 is 27.7 Å². The number of nitrogens with one attached hydrogen (secondary N) is 2. The molecule has 0 radical (unpaired) electrons. The number of hydrogen-bond acceptors (Lipinski definition) is 5. The molecule has 2 N–H and O–H groups in total. The molecule has 0 aliphatic heterocycles. The third-order valence-corrected chi connectivity index (χ3v) is 4.98. The largest absolute Gasteiger partial charge is 0.444 e. The minimum Gasteiger partial charge on any atom is -0.444 e. The maximum Gasteiger partial charge on any atom is 0.287 e. The first kappa shape index (κ1) is 19.2. The van der Waals surface area contributed by atoms with Gasteiger partial charge in [-0.05, 0) is 64.0 Å². The highest BCUT2D eigenvalue weighted by Gasteiger charge is 2.12. The van der Waals surface area contributed by atoms with Crippen LogP contribution in [-0.4, -0.2) is 23.3 Å². The second-order valence-electron chi connectivity index (χ2n) is 5.51. The van der Waals surface area contributed by atoms with Crippen LogP contribution < -0.4 is 10.6 Å². The predicted octanol–water partition coefficient (Wildman–Crippen LogP) is 4.10. The summed E-state index contributed by atoms with van der Waals surface area (Å²) >= 11 is 4.81. The molecule has 27 heavy (non-hydrogen) atoms. The zero-order valence-electron chi connectivity index (χ0n) is 14.1. The van der Waals surface area contributed by atoms with E-state index in [0.717, 1.165) is 16.2 Å². The third-order valence-electron chi connectivity index (χ3n) is 3.47. The first-order valence-corrected chi connectivity index (χ1v) is 9.83. The van der Waals surface area contributed by atoms with E-state index in [4.69, 9.17) is 4.42 Å². The number of pyridine rings is 1. The van der Waals surface area contributed by atoms with Gasteiger partial charge in [0.15, 0.2) is 10.4 Å². The van der Waals surface area contributed by atoms with Gasteiger partial charge in [0.2, 0.25) is 5.91 Å². The molecule has 1 aromatic carbocycles. The molecule has 2 amide bonds. The van der Waals surface area contributed by atoms with Gasteiger partial charge in [-0.25, -0.2) is 0 Å². The van der Waals surface area contributed by atoms with Crippen LogP contribution in [0.3, 0.4) is 0 Å². The Morgan fingerprint density at radius 2 is 1.93 bits per heavy atom. The summed E-state index contributed by atoms with van der Waals surface area (Å²) in [7, 11) is 0. The molecule has 0 saturated heterocycles. The maximum atomic E-state index is 12.0. The van der Waals surface area contributed by atoms with E-state index in [9.17, 15) is 9.59 Å². The Morgan fingerprint density at radius 3 is 2.59 bits per heavy atom. The van der Waals surface area contributed by atoms with Crippen molar-refractivity contribution in [3.63, 3.8) is 0 Å². The van der Waals surface area contributed by atoms with Gasteiger partial charge >= 0.3 is 0 Å². The molecule has 0 atom stereocenters. The normalized spacial score (nSPS) is 10.4. The van der Waals surface area contributed by atoms with E-state index in [1.54, 1.807) is 24.0 Å². The minimum atomic E-state index is -0.446. The molecule has 3 aromatic rings. The summed E-state index contributed by atoms with van der Waals surface area (Å²) in [5.41, 5.74) is 1.82. The van der Waals surface area contributed by atoms with E-state index < -0.39 is 5.91 Å². The monoisotopic (exact) mass is 445 g/mol. The highest BCUT2D eigenvalue weighted by molar-refractivity contribution is 9.10. The summed E-state index contributed by atoms with van der Waals surface area (Å²) in [5.74, 6) is 0.210. The van der Waals surface area contributed by atoms with Crippen molar-refractivity contribution in [2.45, 2.75) is 10.6 Å². The van der Waals surface area contributed by atoms with E-state index in [0.29, 0.717) is 10.4 Å². The third kappa shape index (κ3) is 5.97. The lowest BCUT2D eigenvalue weighted by molar-refractivity contribution is -0.115. The number of aromatic nitrogens is 1. The number of halogens is 1. The Labute approximate surface area is 168 Å². The number of amides is 2. The van der Waals surface area contributed by atoms with Crippen molar-refractivity contribution < 1.29 is 14.0 Å². The predicted molar refractivity (Wildman–Crippen MR) is 108 cm³/mol. The number of furan rings is 1. The summed E-state index contributed by atoms with van der Waals surface area (Å²) in [6.07, 6.45) is 3.60. The van der Waals surface area contributed by atoms with Crippen molar-refractivity contribution in [2.75, 3.05) is 11.9 Å². The highest BCUT2D eigenvalue weighted by atomic mass is 79.9. The van der Waals surface area contributed by atoms with Crippen molar-refractivity contribution in [3.05, 3.63) is 76.9 Å². The standard InChI is InChI=1S/C19H16BrN3O3S/c20-17-8-7-16(26-17)19(25)22-11-18(24)23-14-3-5-15(6-4-14)27-12-13-2-1-9-21-10-13/h1-10H,11-12H2,(H,22,25)(H,23,24). The fourth-order valence-electron chi connectivity index (χ4n) is 2.17. The molecule has 3 rings (SSSR count). The van der Waals surface area contributed by atoms with Gasteiger partial charge in [-0.15, -0.1) is 11.8 Å². The van der Waals surface area contributed by atoms with Gasteiger partial charge in [-0.3, -0.25) is 14.6 Å². The van der Waals surface area contributed by atoms with Crippen LogP contribution in [0.5, 0.6) is 0 Å². The SMILES string of the molecule is O=C(CNC(=O)c1ccc(Br)o1)Nc1ccc(SCc2cccnc2)cc1. The molecular weight excluding hydrogens is 430 g/mol. The van der Waals surface area contributed by atoms with Crippen LogP contribution in [0.4, 0.5) is 5.69 Å². The average Bonchev–Trinajstić information content (AvgIpc) is 3.13. The molecule has 2 heterocycles. The average molecular weight is 446 g/mol. The van der Waals surface area contributed by atoms with Gasteiger partial charge in [-0.1, -0.05) is 6.07 Å². The van der Waals surface area contributed by atoms with Crippen LogP contribution in [0.1, 0.15) is 16.1 Å². The molecule has 0 saturated carbocycles. The quantitative estimate of drug-likeness (QED) is 0.534. The van der Waals surface area contributed by atoms with E-state index in [1.807, 2.05) is 42.6 Å². The van der Waals surface area contributed by atoms with Gasteiger partial charge in [0.05, 0.1) is 6.54 Å². The number of carbonyl (C=O) groups is 2. The van der Waals surface area contributed by atoms with E-state index in [1.165, 1.54) is 6.07 Å². The molecule has 8 heteroatoms. The molecule has 6 nitrogen and oxygen atoms in total. The Kier molecular flexibility index (Phi) is 6.67. The number of carbonyl (C=O) groups excluding carboxylic acids is 2. The minimum absolute atomic E-state index is 0.143. The molecule has 2 aromatic heterocycles. The second kappa shape index (κ2) is 9.38. The summed E-state index contributed by atoms with van der Waals surface area (Å²) in [5, 5.41) is 5.25. The summed E-state index contributed by atoms with van der Waals surface area (Å²) in [6, 6.07) is 14.6. The van der Waals surface area contributed by atoms with E-state index in [-0.39, 0.29) is 18.2 Å². The summed E-state index contributed by atoms with van der Waals surface area (Å²) < 4.78 is 5.59. The zero-order valence-corrected chi connectivity index (χ0v) is 16.5. The fourth-order valence-corrected chi connectivity index (χ4v) is 3.31. The van der Waals surface area contributed by atoms with Gasteiger partial charge in [0.25, 0.3) is 5.91 Å². The first-order chi connectivity index (χ1) is 13.1. The number of benzene rings is 1. The molecule has 0 unspecified atom stereocenters. The second-order valence-corrected chi connectivity index (χ2v) is 7.34. The Balaban J connectivity index is 1.44. The molecular formula is C19H16BrN3O3S. The van der Waals surface area contributed by atoms with Crippen molar-refractivity contribution in [1.29, 1.82) is 0 Å². The Hall–Kier alpha value is -2.58. The number of thioether (sulfide) groups is 1. The molecule has 0 bridgehead atoms. The number of nitrogens with zero attached hydrogens (tertiary/aromatic N) is 1. The van der Waals surface area contributed by atoms with E-state index in [2.05, 4.69) is 31.5 Å². The lowest BCUT2D eigenvalue weighted by Gasteiger charge is -2.07. The number of rotatable bonds is 7. The Morgan fingerprint density at radius 1 is 1.11 bits per heavy atom. The maximum absolute atomic E-state index is 12.0. The van der Waals surface area contributed by atoms with Crippen molar-refractivity contribution in [2.24, 2.45) is 0 Å². The molecule has 0 aliphatic carbocycles. The summed E-state index contributed by atoms with van der Waals surface area (Å²) in [6.45, 7) is -0.144. The number of hydrogen-bond donors (Lipinski definition) is 2. The summed E-state index contributed by atoms with van der Waals surface area (Å²) in [4.78, 5) is 29.0. The van der Waals surface area contributed by atoms with Crippen molar-refractivity contribution in [3.8, 4) is 0 Å². The zero-order chi connectivity index (χ0) is 19.1. The lowest BCUT2D eigenvalue weighted by Crippen LogP contribution is -2.32.